The minimum atomic E-state index is -0.925. The number of aryl methyl sites for hydroxylation is 1. The van der Waals surface area contributed by atoms with Crippen LogP contribution in [0.5, 0.6) is 5.75 Å². The largest absolute Gasteiger partial charge is 0.497 e. The van der Waals surface area contributed by atoms with Gasteiger partial charge in [-0.1, -0.05) is 6.92 Å². The van der Waals surface area contributed by atoms with E-state index in [0.717, 1.165) is 29.2 Å². The van der Waals surface area contributed by atoms with Crippen molar-refractivity contribution in [2.45, 2.75) is 19.8 Å². The molecule has 0 spiro atoms. The fraction of sp³-hybridized carbons (Fsp3) is 0.286. The number of thiazole rings is 1. The van der Waals surface area contributed by atoms with Crippen molar-refractivity contribution >= 4 is 17.3 Å². The molecule has 5 heteroatoms. The van der Waals surface area contributed by atoms with Gasteiger partial charge in [-0.05, 0) is 37.1 Å². The maximum atomic E-state index is 11.3. The van der Waals surface area contributed by atoms with E-state index < -0.39 is 5.97 Å². The first-order chi connectivity index (χ1) is 9.15. The first-order valence-electron chi connectivity index (χ1n) is 6.03. The number of nitrogens with zero attached hydrogens (tertiary/aromatic N) is 1. The Morgan fingerprint density at radius 2 is 2.05 bits per heavy atom. The molecule has 0 aliphatic rings. The van der Waals surface area contributed by atoms with Crippen LogP contribution in [0, 0.1) is 0 Å². The normalized spacial score (nSPS) is 10.4. The van der Waals surface area contributed by atoms with Crippen molar-refractivity contribution in [2.24, 2.45) is 0 Å². The van der Waals surface area contributed by atoms with Crippen LogP contribution >= 0.6 is 11.3 Å². The van der Waals surface area contributed by atoms with Crippen molar-refractivity contribution in [3.8, 4) is 17.0 Å². The van der Waals surface area contributed by atoms with Crippen LogP contribution in [-0.2, 0) is 6.42 Å². The van der Waals surface area contributed by atoms with Crippen LogP contribution in [0.4, 0.5) is 0 Å². The van der Waals surface area contributed by atoms with Gasteiger partial charge in [0.1, 0.15) is 10.6 Å². The van der Waals surface area contributed by atoms with E-state index in [4.69, 9.17) is 4.74 Å². The van der Waals surface area contributed by atoms with E-state index >= 15 is 0 Å². The third kappa shape index (κ3) is 2.93. The van der Waals surface area contributed by atoms with Crippen LogP contribution in [0.2, 0.25) is 0 Å². The van der Waals surface area contributed by atoms with Gasteiger partial charge in [-0.2, -0.15) is 0 Å². The SMILES string of the molecule is CCCc1nc(-c2ccc(OC)cc2)c(C(=O)O)s1. The number of benzene rings is 1. The van der Waals surface area contributed by atoms with Crippen LogP contribution < -0.4 is 4.74 Å². The molecule has 2 rings (SSSR count). The van der Waals surface area contributed by atoms with Crippen molar-refractivity contribution in [1.82, 2.24) is 4.98 Å². The number of carboxylic acid groups (broad SMARTS) is 1. The molecule has 1 aromatic carbocycles. The predicted octanol–water partition coefficient (Wildman–Crippen LogP) is 3.47. The minimum Gasteiger partial charge on any atom is -0.497 e. The Labute approximate surface area is 115 Å². The van der Waals surface area contributed by atoms with Gasteiger partial charge < -0.3 is 9.84 Å². The van der Waals surface area contributed by atoms with E-state index in [9.17, 15) is 9.90 Å². The molecule has 0 fully saturated rings. The lowest BCUT2D eigenvalue weighted by Crippen LogP contribution is -1.95. The number of aromatic nitrogens is 1. The summed E-state index contributed by atoms with van der Waals surface area (Å²) in [4.78, 5) is 16.0. The van der Waals surface area contributed by atoms with Crippen LogP contribution in [0.1, 0.15) is 28.0 Å². The molecule has 1 aromatic heterocycles. The number of hydrogen-bond donors (Lipinski definition) is 1. The topological polar surface area (TPSA) is 59.4 Å². The van der Waals surface area contributed by atoms with Gasteiger partial charge in [-0.15, -0.1) is 11.3 Å². The first-order valence-corrected chi connectivity index (χ1v) is 6.84. The maximum Gasteiger partial charge on any atom is 0.348 e. The standard InChI is InChI=1S/C14H15NO3S/c1-3-4-11-15-12(13(19-11)14(16)17)9-5-7-10(18-2)8-6-9/h5-8H,3-4H2,1-2H3,(H,16,17). The fourth-order valence-corrected chi connectivity index (χ4v) is 2.80. The molecule has 19 heavy (non-hydrogen) atoms. The zero-order valence-corrected chi connectivity index (χ0v) is 11.7. The van der Waals surface area contributed by atoms with Crippen molar-refractivity contribution in [2.75, 3.05) is 7.11 Å². The Hall–Kier alpha value is -1.88. The highest BCUT2D eigenvalue weighted by Gasteiger charge is 2.18. The number of aromatic carboxylic acids is 1. The molecule has 4 nitrogen and oxygen atoms in total. The summed E-state index contributed by atoms with van der Waals surface area (Å²) < 4.78 is 5.09. The van der Waals surface area contributed by atoms with Gasteiger partial charge in [-0.3, -0.25) is 0 Å². The number of carboxylic acids is 1. The Balaban J connectivity index is 2.43. The van der Waals surface area contributed by atoms with Gasteiger partial charge in [0, 0.05) is 5.56 Å². The first kappa shape index (κ1) is 13.5. The zero-order chi connectivity index (χ0) is 13.8. The zero-order valence-electron chi connectivity index (χ0n) is 10.8. The van der Waals surface area contributed by atoms with Gasteiger partial charge in [0.2, 0.25) is 0 Å². The highest BCUT2D eigenvalue weighted by Crippen LogP contribution is 2.30. The number of rotatable bonds is 5. The summed E-state index contributed by atoms with van der Waals surface area (Å²) in [5.74, 6) is -0.185. The molecule has 0 atom stereocenters. The molecular formula is C14H15NO3S. The lowest BCUT2D eigenvalue weighted by molar-refractivity contribution is 0.0702. The van der Waals surface area contributed by atoms with Crippen LogP contribution in [-0.4, -0.2) is 23.2 Å². The highest BCUT2D eigenvalue weighted by molar-refractivity contribution is 7.14. The summed E-state index contributed by atoms with van der Waals surface area (Å²) in [6.45, 7) is 2.05. The molecule has 100 valence electrons. The van der Waals surface area contributed by atoms with Crippen LogP contribution in [0.15, 0.2) is 24.3 Å². The second kappa shape index (κ2) is 5.84. The van der Waals surface area contributed by atoms with Crippen molar-refractivity contribution in [1.29, 1.82) is 0 Å². The van der Waals surface area contributed by atoms with Gasteiger partial charge in [0.05, 0.1) is 17.8 Å². The molecule has 0 amide bonds. The molecule has 1 N–H and O–H groups in total. The third-order valence-electron chi connectivity index (χ3n) is 2.69. The molecule has 0 saturated carbocycles. The van der Waals surface area contributed by atoms with Gasteiger partial charge in [0.25, 0.3) is 0 Å². The van der Waals surface area contributed by atoms with Crippen molar-refractivity contribution < 1.29 is 14.6 Å². The van der Waals surface area contributed by atoms with Gasteiger partial charge in [-0.25, -0.2) is 9.78 Å². The lowest BCUT2D eigenvalue weighted by atomic mass is 10.1. The molecule has 2 aromatic rings. The van der Waals surface area contributed by atoms with Crippen LogP contribution in [0.3, 0.4) is 0 Å². The summed E-state index contributed by atoms with van der Waals surface area (Å²) in [5.41, 5.74) is 1.35. The molecule has 0 bridgehead atoms. The molecule has 0 unspecified atom stereocenters. The average Bonchev–Trinajstić information content (AvgIpc) is 2.83. The summed E-state index contributed by atoms with van der Waals surface area (Å²) in [6, 6.07) is 7.27. The second-order valence-corrected chi connectivity index (χ2v) is 5.15. The third-order valence-corrected chi connectivity index (χ3v) is 3.80. The van der Waals surface area contributed by atoms with E-state index in [1.165, 1.54) is 11.3 Å². The monoisotopic (exact) mass is 277 g/mol. The van der Waals surface area contributed by atoms with E-state index in [1.54, 1.807) is 19.2 Å². The van der Waals surface area contributed by atoms with Crippen molar-refractivity contribution in [3.63, 3.8) is 0 Å². The molecular weight excluding hydrogens is 262 g/mol. The quantitative estimate of drug-likeness (QED) is 0.909. The number of hydrogen-bond acceptors (Lipinski definition) is 4. The smallest absolute Gasteiger partial charge is 0.348 e. The van der Waals surface area contributed by atoms with E-state index in [2.05, 4.69) is 11.9 Å². The Morgan fingerprint density at radius 3 is 2.58 bits per heavy atom. The highest BCUT2D eigenvalue weighted by atomic mass is 32.1. The molecule has 0 aliphatic heterocycles. The molecule has 0 aliphatic carbocycles. The van der Waals surface area contributed by atoms with Gasteiger partial charge >= 0.3 is 5.97 Å². The average molecular weight is 277 g/mol. The van der Waals surface area contributed by atoms with E-state index in [0.29, 0.717) is 10.6 Å². The number of methoxy groups -OCH3 is 1. The molecule has 0 radical (unpaired) electrons. The lowest BCUT2D eigenvalue weighted by Gasteiger charge is -2.02. The minimum absolute atomic E-state index is 0.300. The number of ether oxygens (including phenoxy) is 1. The summed E-state index contributed by atoms with van der Waals surface area (Å²) in [6.07, 6.45) is 1.76. The maximum absolute atomic E-state index is 11.3. The van der Waals surface area contributed by atoms with Crippen LogP contribution in [0.25, 0.3) is 11.3 Å². The Bertz CT molecular complexity index is 575. The number of carbonyl (C=O) groups is 1. The van der Waals surface area contributed by atoms with E-state index in [1.807, 2.05) is 12.1 Å². The van der Waals surface area contributed by atoms with E-state index in [-0.39, 0.29) is 0 Å². The summed E-state index contributed by atoms with van der Waals surface area (Å²) >= 11 is 1.26. The summed E-state index contributed by atoms with van der Waals surface area (Å²) in [5, 5.41) is 10.1. The second-order valence-electron chi connectivity index (χ2n) is 4.07. The Morgan fingerprint density at radius 1 is 1.37 bits per heavy atom. The summed E-state index contributed by atoms with van der Waals surface area (Å²) in [7, 11) is 1.60. The van der Waals surface area contributed by atoms with Gasteiger partial charge in [0.15, 0.2) is 0 Å². The fourth-order valence-electron chi connectivity index (χ4n) is 1.77. The van der Waals surface area contributed by atoms with Crippen molar-refractivity contribution in [3.05, 3.63) is 34.2 Å². The molecule has 1 heterocycles. The molecule has 0 saturated heterocycles. The predicted molar refractivity (Wildman–Crippen MR) is 75.1 cm³/mol. The Kier molecular flexibility index (Phi) is 4.16.